The van der Waals surface area contributed by atoms with Crippen molar-refractivity contribution >= 4 is 16.7 Å². The number of hydrogen-bond donors (Lipinski definition) is 3. The monoisotopic (exact) mass is 343 g/mol. The maximum absolute atomic E-state index is 4.67. The van der Waals surface area contributed by atoms with Crippen LogP contribution in [0.4, 0.5) is 5.82 Å². The van der Waals surface area contributed by atoms with Crippen molar-refractivity contribution in [1.82, 2.24) is 20.3 Å². The van der Waals surface area contributed by atoms with Crippen molar-refractivity contribution in [3.05, 3.63) is 61.1 Å². The molecule has 5 rings (SSSR count). The van der Waals surface area contributed by atoms with Crippen molar-refractivity contribution in [2.45, 2.75) is 0 Å². The Kier molecular flexibility index (Phi) is 3.72. The lowest BCUT2D eigenvalue weighted by molar-refractivity contribution is 0.585. The van der Waals surface area contributed by atoms with Crippen LogP contribution in [0.25, 0.3) is 33.3 Å². The van der Waals surface area contributed by atoms with Gasteiger partial charge in [-0.05, 0) is 52.9 Å². The maximum atomic E-state index is 4.67. The molecular formula is C21H21N5. The minimum atomic E-state index is 1.01. The minimum absolute atomic E-state index is 1.01. The number of benzene rings is 1. The average molecular weight is 343 g/mol. The van der Waals surface area contributed by atoms with E-state index in [9.17, 15) is 0 Å². The van der Waals surface area contributed by atoms with Crippen LogP contribution in [0.3, 0.4) is 0 Å². The third-order valence-electron chi connectivity index (χ3n) is 5.07. The lowest BCUT2D eigenvalue weighted by Gasteiger charge is -2.28. The van der Waals surface area contributed by atoms with Crippen LogP contribution >= 0.6 is 0 Å². The van der Waals surface area contributed by atoms with Crippen LogP contribution in [0.2, 0.25) is 0 Å². The summed E-state index contributed by atoms with van der Waals surface area (Å²) in [6, 6.07) is 15.0. The highest BCUT2D eigenvalue weighted by atomic mass is 15.2. The van der Waals surface area contributed by atoms with Gasteiger partial charge in [-0.15, -0.1) is 0 Å². The molecule has 1 fully saturated rings. The van der Waals surface area contributed by atoms with Crippen molar-refractivity contribution in [1.29, 1.82) is 0 Å². The zero-order valence-electron chi connectivity index (χ0n) is 14.5. The molecule has 0 aliphatic carbocycles. The van der Waals surface area contributed by atoms with Gasteiger partial charge >= 0.3 is 0 Å². The van der Waals surface area contributed by atoms with Crippen LogP contribution in [0.5, 0.6) is 0 Å². The van der Waals surface area contributed by atoms with E-state index in [0.717, 1.165) is 48.8 Å². The summed E-state index contributed by atoms with van der Waals surface area (Å²) in [4.78, 5) is 13.6. The van der Waals surface area contributed by atoms with Gasteiger partial charge < -0.3 is 20.2 Å². The van der Waals surface area contributed by atoms with Gasteiger partial charge in [0, 0.05) is 61.5 Å². The Morgan fingerprint density at radius 2 is 1.73 bits per heavy atom. The van der Waals surface area contributed by atoms with Gasteiger partial charge in [0.05, 0.1) is 0 Å². The zero-order valence-corrected chi connectivity index (χ0v) is 14.5. The fraction of sp³-hybridized carbons (Fsp3) is 0.190. The van der Waals surface area contributed by atoms with E-state index in [0.29, 0.717) is 0 Å². The predicted octanol–water partition coefficient (Wildman–Crippen LogP) is 3.63. The Bertz CT molecular complexity index is 1020. The molecule has 1 aliphatic rings. The third-order valence-corrected chi connectivity index (χ3v) is 5.07. The quantitative estimate of drug-likeness (QED) is 0.532. The fourth-order valence-corrected chi connectivity index (χ4v) is 3.59. The lowest BCUT2D eigenvalue weighted by atomic mass is 10.1. The van der Waals surface area contributed by atoms with Crippen molar-refractivity contribution in [2.24, 2.45) is 0 Å². The zero-order chi connectivity index (χ0) is 17.3. The first-order valence-corrected chi connectivity index (χ1v) is 9.05. The smallest absolute Gasteiger partial charge is 0.128 e. The topological polar surface area (TPSA) is 59.7 Å². The first-order chi connectivity index (χ1) is 12.9. The first-order valence-electron chi connectivity index (χ1n) is 9.05. The van der Waals surface area contributed by atoms with Gasteiger partial charge in [-0.25, -0.2) is 4.98 Å². The van der Waals surface area contributed by atoms with E-state index >= 15 is 0 Å². The molecule has 3 N–H and O–H groups in total. The highest BCUT2D eigenvalue weighted by Gasteiger charge is 2.12. The molecule has 3 aromatic heterocycles. The van der Waals surface area contributed by atoms with Gasteiger partial charge in [0.2, 0.25) is 0 Å². The summed E-state index contributed by atoms with van der Waals surface area (Å²) in [5.74, 6) is 1.06. The van der Waals surface area contributed by atoms with Crippen LogP contribution in [0, 0.1) is 0 Å². The molecule has 4 aromatic rings. The molecule has 1 aliphatic heterocycles. The number of anilines is 1. The van der Waals surface area contributed by atoms with E-state index in [-0.39, 0.29) is 0 Å². The molecule has 5 heteroatoms. The lowest BCUT2D eigenvalue weighted by Crippen LogP contribution is -2.43. The molecule has 1 saturated heterocycles. The van der Waals surface area contributed by atoms with Gasteiger partial charge in [-0.2, -0.15) is 0 Å². The molecule has 0 unspecified atom stereocenters. The second kappa shape index (κ2) is 6.35. The molecule has 0 bridgehead atoms. The molecule has 0 spiro atoms. The van der Waals surface area contributed by atoms with E-state index in [4.69, 9.17) is 0 Å². The molecule has 0 radical (unpaired) electrons. The number of aromatic amines is 2. The van der Waals surface area contributed by atoms with Crippen LogP contribution in [0.1, 0.15) is 0 Å². The summed E-state index contributed by atoms with van der Waals surface area (Å²) in [6.45, 7) is 4.07. The highest BCUT2D eigenvalue weighted by Crippen LogP contribution is 2.28. The number of fused-ring (bicyclic) bond motifs is 1. The summed E-state index contributed by atoms with van der Waals surface area (Å²) in [5, 5.41) is 4.60. The molecule has 4 heterocycles. The Morgan fingerprint density at radius 3 is 2.58 bits per heavy atom. The van der Waals surface area contributed by atoms with Crippen molar-refractivity contribution in [3.8, 4) is 22.4 Å². The SMILES string of the molecule is c1cc2cc(-c3c[nH]c(-c4ccc(N5CCNCC5)nc4)c3)ccc2[nH]1. The number of H-pyrrole nitrogens is 2. The van der Waals surface area contributed by atoms with E-state index < -0.39 is 0 Å². The Labute approximate surface area is 152 Å². The summed E-state index contributed by atoms with van der Waals surface area (Å²) in [7, 11) is 0. The molecule has 0 atom stereocenters. The molecule has 1 aromatic carbocycles. The second-order valence-corrected chi connectivity index (χ2v) is 6.72. The number of pyridine rings is 1. The van der Waals surface area contributed by atoms with Crippen molar-refractivity contribution < 1.29 is 0 Å². The van der Waals surface area contributed by atoms with E-state index in [1.807, 2.05) is 12.4 Å². The Balaban J connectivity index is 1.40. The van der Waals surface area contributed by atoms with E-state index in [1.54, 1.807) is 0 Å². The Hall–Kier alpha value is -3.05. The maximum Gasteiger partial charge on any atom is 0.128 e. The second-order valence-electron chi connectivity index (χ2n) is 6.72. The molecule has 26 heavy (non-hydrogen) atoms. The van der Waals surface area contributed by atoms with Crippen LogP contribution in [0.15, 0.2) is 61.1 Å². The average Bonchev–Trinajstić information content (AvgIpc) is 3.38. The summed E-state index contributed by atoms with van der Waals surface area (Å²) >= 11 is 0. The van der Waals surface area contributed by atoms with Crippen molar-refractivity contribution in [2.75, 3.05) is 31.1 Å². The number of nitrogens with zero attached hydrogens (tertiary/aromatic N) is 2. The van der Waals surface area contributed by atoms with E-state index in [2.05, 4.69) is 73.8 Å². The van der Waals surface area contributed by atoms with Crippen LogP contribution < -0.4 is 10.2 Å². The van der Waals surface area contributed by atoms with Gasteiger partial charge in [-0.1, -0.05) is 6.07 Å². The highest BCUT2D eigenvalue weighted by molar-refractivity contribution is 5.85. The minimum Gasteiger partial charge on any atom is -0.361 e. The van der Waals surface area contributed by atoms with Crippen molar-refractivity contribution in [3.63, 3.8) is 0 Å². The van der Waals surface area contributed by atoms with Crippen LogP contribution in [-0.2, 0) is 0 Å². The number of hydrogen-bond acceptors (Lipinski definition) is 3. The molecule has 0 amide bonds. The molecule has 0 saturated carbocycles. The Morgan fingerprint density at radius 1 is 0.846 bits per heavy atom. The predicted molar refractivity (Wildman–Crippen MR) is 106 cm³/mol. The number of rotatable bonds is 3. The van der Waals surface area contributed by atoms with Gasteiger partial charge in [-0.3, -0.25) is 0 Å². The van der Waals surface area contributed by atoms with Crippen LogP contribution in [-0.4, -0.2) is 41.1 Å². The number of nitrogens with one attached hydrogen (secondary N) is 3. The first kappa shape index (κ1) is 15.2. The summed E-state index contributed by atoms with van der Waals surface area (Å²) < 4.78 is 0. The number of aromatic nitrogens is 3. The molecular weight excluding hydrogens is 322 g/mol. The largest absolute Gasteiger partial charge is 0.361 e. The molecule has 130 valence electrons. The van der Waals surface area contributed by atoms with Gasteiger partial charge in [0.1, 0.15) is 5.82 Å². The summed E-state index contributed by atoms with van der Waals surface area (Å²) in [6.07, 6.45) is 6.00. The third kappa shape index (κ3) is 2.76. The van der Waals surface area contributed by atoms with Gasteiger partial charge in [0.25, 0.3) is 0 Å². The summed E-state index contributed by atoms with van der Waals surface area (Å²) in [5.41, 5.74) is 5.77. The van der Waals surface area contributed by atoms with Gasteiger partial charge in [0.15, 0.2) is 0 Å². The molecule has 5 nitrogen and oxygen atoms in total. The number of piperazine rings is 1. The fourth-order valence-electron chi connectivity index (χ4n) is 3.59. The van der Waals surface area contributed by atoms with E-state index in [1.165, 1.54) is 16.5 Å². The normalized spacial score (nSPS) is 14.8. The standard InChI is InChI=1S/C21H21N5/c1-3-19-16(5-6-23-19)11-15(1)18-12-20(24-14-18)17-2-4-21(25-13-17)26-9-7-22-8-10-26/h1-6,11-14,22-24H,7-10H2.